The third-order valence-corrected chi connectivity index (χ3v) is 8.28. The lowest BCUT2D eigenvalue weighted by Gasteiger charge is -2.35. The summed E-state index contributed by atoms with van der Waals surface area (Å²) in [5.41, 5.74) is 0.412. The predicted molar refractivity (Wildman–Crippen MR) is 149 cm³/mol. The van der Waals surface area contributed by atoms with Crippen LogP contribution in [0.3, 0.4) is 0 Å². The zero-order chi connectivity index (χ0) is 30.1. The molecule has 0 aromatic carbocycles. The summed E-state index contributed by atoms with van der Waals surface area (Å²) in [7, 11) is -0.514. The van der Waals surface area contributed by atoms with Crippen LogP contribution in [0.4, 0.5) is 29.2 Å². The molecule has 224 valence electrons. The number of hydrogen-bond donors (Lipinski definition) is 2. The van der Waals surface area contributed by atoms with Gasteiger partial charge in [-0.2, -0.15) is 18.2 Å². The standard InChI is InChI=1S/C26H33F4N7O3S/c1-15(2)37-23-16(13-32-25(34-23)33-17-6-8-22(36(3)4)20(27)12-17)11-19(24(37)38)21-7-5-18(14-31-21)35-41(39,40)10-9-26(28,29)30/h5,7,11,13-15,17,20,22,35H,6,8-10,12H2,1-4H3,(H,32,33,34)/t17-,20+,22-/m0/s1. The Morgan fingerprint density at radius 3 is 2.46 bits per heavy atom. The number of nitrogens with one attached hydrogen (secondary N) is 2. The van der Waals surface area contributed by atoms with E-state index in [9.17, 15) is 30.8 Å². The van der Waals surface area contributed by atoms with Crippen molar-refractivity contribution in [3.63, 3.8) is 0 Å². The number of aromatic nitrogens is 4. The first-order valence-electron chi connectivity index (χ1n) is 13.2. The molecule has 1 fully saturated rings. The Morgan fingerprint density at radius 2 is 1.88 bits per heavy atom. The lowest BCUT2D eigenvalue weighted by Crippen LogP contribution is -2.44. The van der Waals surface area contributed by atoms with Crippen LogP contribution in [0.2, 0.25) is 0 Å². The molecule has 15 heteroatoms. The van der Waals surface area contributed by atoms with Gasteiger partial charge in [-0.3, -0.25) is 19.1 Å². The number of sulfonamides is 1. The van der Waals surface area contributed by atoms with Gasteiger partial charge in [0.1, 0.15) is 11.8 Å². The van der Waals surface area contributed by atoms with Gasteiger partial charge in [0.05, 0.1) is 35.3 Å². The minimum atomic E-state index is -4.60. The molecule has 0 spiro atoms. The molecule has 1 aliphatic rings. The van der Waals surface area contributed by atoms with Crippen molar-refractivity contribution >= 4 is 32.7 Å². The van der Waals surface area contributed by atoms with Gasteiger partial charge >= 0.3 is 6.18 Å². The van der Waals surface area contributed by atoms with Gasteiger partial charge in [0.15, 0.2) is 0 Å². The van der Waals surface area contributed by atoms with E-state index in [0.29, 0.717) is 29.8 Å². The van der Waals surface area contributed by atoms with E-state index >= 15 is 0 Å². The summed E-state index contributed by atoms with van der Waals surface area (Å²) in [6.07, 6.45) is -2.60. The van der Waals surface area contributed by atoms with Gasteiger partial charge in [0.25, 0.3) is 5.56 Å². The molecule has 0 aliphatic heterocycles. The molecule has 0 saturated heterocycles. The Hall–Kier alpha value is -3.33. The maximum atomic E-state index is 14.7. The molecular weight excluding hydrogens is 566 g/mol. The summed E-state index contributed by atoms with van der Waals surface area (Å²) in [4.78, 5) is 28.6. The summed E-state index contributed by atoms with van der Waals surface area (Å²) >= 11 is 0. The fraction of sp³-hybridized carbons (Fsp3) is 0.538. The molecule has 0 amide bonds. The molecule has 10 nitrogen and oxygen atoms in total. The molecule has 4 rings (SSSR count). The smallest absolute Gasteiger partial charge is 0.351 e. The predicted octanol–water partition coefficient (Wildman–Crippen LogP) is 4.36. The van der Waals surface area contributed by atoms with Gasteiger partial charge in [-0.15, -0.1) is 0 Å². The second kappa shape index (κ2) is 11.9. The number of fused-ring (bicyclic) bond motifs is 1. The van der Waals surface area contributed by atoms with Crippen LogP contribution in [-0.4, -0.2) is 77.1 Å². The number of rotatable bonds is 9. The minimum Gasteiger partial charge on any atom is -0.351 e. The van der Waals surface area contributed by atoms with Crippen molar-refractivity contribution in [1.29, 1.82) is 0 Å². The Morgan fingerprint density at radius 1 is 1.15 bits per heavy atom. The molecule has 1 aliphatic carbocycles. The fourth-order valence-electron chi connectivity index (χ4n) is 4.94. The second-order valence-corrected chi connectivity index (χ2v) is 12.6. The van der Waals surface area contributed by atoms with Gasteiger partial charge in [0.2, 0.25) is 16.0 Å². The van der Waals surface area contributed by atoms with E-state index in [-0.39, 0.29) is 35.1 Å². The topological polar surface area (TPSA) is 122 Å². The van der Waals surface area contributed by atoms with Gasteiger partial charge < -0.3 is 10.2 Å². The first-order chi connectivity index (χ1) is 19.1. The average Bonchev–Trinajstić information content (AvgIpc) is 2.87. The van der Waals surface area contributed by atoms with Gasteiger partial charge in [0, 0.05) is 36.1 Å². The molecule has 2 N–H and O–H groups in total. The first kappa shape index (κ1) is 30.6. The molecule has 0 radical (unpaired) electrons. The average molecular weight is 600 g/mol. The van der Waals surface area contributed by atoms with Crippen molar-refractivity contribution < 1.29 is 26.0 Å². The zero-order valence-corrected chi connectivity index (χ0v) is 23.9. The van der Waals surface area contributed by atoms with Gasteiger partial charge in [-0.1, -0.05) is 0 Å². The summed E-state index contributed by atoms with van der Waals surface area (Å²) in [6, 6.07) is 3.73. The SMILES string of the molecule is CC(C)n1c(=O)c(-c2ccc(NS(=O)(=O)CCC(F)(F)F)cn2)cc2cnc(N[C@H]3CC[C@H](N(C)C)[C@H](F)C3)nc21. The third-order valence-electron chi connectivity index (χ3n) is 6.99. The van der Waals surface area contributed by atoms with Crippen LogP contribution in [-0.2, 0) is 10.0 Å². The van der Waals surface area contributed by atoms with Crippen molar-refractivity contribution in [3.8, 4) is 11.3 Å². The maximum Gasteiger partial charge on any atom is 0.390 e. The molecule has 3 heterocycles. The van der Waals surface area contributed by atoms with E-state index < -0.39 is 40.1 Å². The van der Waals surface area contributed by atoms with E-state index in [1.54, 1.807) is 12.3 Å². The molecule has 41 heavy (non-hydrogen) atoms. The number of hydrogen-bond acceptors (Lipinski definition) is 8. The van der Waals surface area contributed by atoms with Crippen molar-refractivity contribution in [2.24, 2.45) is 0 Å². The largest absolute Gasteiger partial charge is 0.390 e. The van der Waals surface area contributed by atoms with E-state index in [1.807, 2.05) is 32.8 Å². The Balaban J connectivity index is 1.58. The van der Waals surface area contributed by atoms with Crippen LogP contribution in [0, 0.1) is 0 Å². The zero-order valence-electron chi connectivity index (χ0n) is 23.1. The van der Waals surface area contributed by atoms with Crippen molar-refractivity contribution in [2.45, 2.75) is 70.0 Å². The number of nitrogens with zero attached hydrogens (tertiary/aromatic N) is 5. The molecule has 3 aromatic heterocycles. The van der Waals surface area contributed by atoms with Crippen LogP contribution >= 0.6 is 0 Å². The van der Waals surface area contributed by atoms with Crippen molar-refractivity contribution in [2.75, 3.05) is 29.9 Å². The van der Waals surface area contributed by atoms with Crippen LogP contribution in [0.5, 0.6) is 0 Å². The molecular formula is C26H33F4N7O3S. The molecule has 1 saturated carbocycles. The van der Waals surface area contributed by atoms with E-state index in [0.717, 1.165) is 12.6 Å². The van der Waals surface area contributed by atoms with Gasteiger partial charge in [-0.05, 0) is 59.0 Å². The molecule has 0 unspecified atom stereocenters. The highest BCUT2D eigenvalue weighted by Gasteiger charge is 2.32. The maximum absolute atomic E-state index is 14.7. The highest BCUT2D eigenvalue weighted by Crippen LogP contribution is 2.28. The lowest BCUT2D eigenvalue weighted by atomic mass is 9.89. The van der Waals surface area contributed by atoms with E-state index in [2.05, 4.69) is 25.0 Å². The van der Waals surface area contributed by atoms with Crippen molar-refractivity contribution in [3.05, 3.63) is 40.9 Å². The van der Waals surface area contributed by atoms with Crippen LogP contribution in [0.1, 0.15) is 45.6 Å². The minimum absolute atomic E-state index is 0.0323. The van der Waals surface area contributed by atoms with E-state index in [1.165, 1.54) is 16.7 Å². The quantitative estimate of drug-likeness (QED) is 0.348. The van der Waals surface area contributed by atoms with Crippen LogP contribution in [0.15, 0.2) is 35.4 Å². The third kappa shape index (κ3) is 7.50. The van der Waals surface area contributed by atoms with Crippen molar-refractivity contribution in [1.82, 2.24) is 24.4 Å². The Kier molecular flexibility index (Phi) is 8.87. The van der Waals surface area contributed by atoms with Crippen LogP contribution < -0.4 is 15.6 Å². The Bertz CT molecular complexity index is 1540. The number of pyridine rings is 2. The summed E-state index contributed by atoms with van der Waals surface area (Å²) in [5, 5.41) is 3.76. The highest BCUT2D eigenvalue weighted by molar-refractivity contribution is 7.92. The van der Waals surface area contributed by atoms with E-state index in [4.69, 9.17) is 0 Å². The first-order valence-corrected chi connectivity index (χ1v) is 14.8. The molecule has 0 bridgehead atoms. The highest BCUT2D eigenvalue weighted by atomic mass is 32.2. The fourth-order valence-corrected chi connectivity index (χ4v) is 6.02. The molecule has 3 aromatic rings. The normalized spacial score (nSPS) is 20.1. The monoisotopic (exact) mass is 599 g/mol. The lowest BCUT2D eigenvalue weighted by molar-refractivity contribution is -0.129. The number of anilines is 2. The molecule has 3 atom stereocenters. The summed E-state index contributed by atoms with van der Waals surface area (Å²) in [6.45, 7) is 3.64. The van der Waals surface area contributed by atoms with Crippen LogP contribution in [0.25, 0.3) is 22.3 Å². The number of halogens is 4. The second-order valence-electron chi connectivity index (χ2n) is 10.7. The summed E-state index contributed by atoms with van der Waals surface area (Å²) in [5.74, 6) is -0.829. The van der Waals surface area contributed by atoms with Gasteiger partial charge in [-0.25, -0.2) is 17.8 Å². The Labute approximate surface area is 235 Å². The summed E-state index contributed by atoms with van der Waals surface area (Å²) < 4.78 is 79.5. The number of alkyl halides is 4.